The fourth-order valence-corrected chi connectivity index (χ4v) is 2.51. The minimum atomic E-state index is -2.44. The Labute approximate surface area is 61.7 Å². The number of hydrogen-bond donors (Lipinski definition) is 1. The number of nitrogens with one attached hydrogen (secondary N) is 1. The van der Waals surface area contributed by atoms with Crippen LogP contribution in [0.2, 0.25) is 0 Å². The third-order valence-corrected chi connectivity index (χ3v) is 4.21. The van der Waals surface area contributed by atoms with Gasteiger partial charge < -0.3 is 4.52 Å². The van der Waals surface area contributed by atoms with Gasteiger partial charge in [-0.2, -0.15) is 0 Å². The Morgan fingerprint density at radius 3 is 2.60 bits per heavy atom. The Hall–Kier alpha value is 0.150. The maximum Gasteiger partial charge on any atom is 0.272 e. The molecule has 1 fully saturated rings. The maximum absolute atomic E-state index is 11.6. The van der Waals surface area contributed by atoms with Crippen molar-refractivity contribution in [2.75, 3.05) is 13.2 Å². The van der Waals surface area contributed by atoms with Crippen molar-refractivity contribution in [1.29, 1.82) is 0 Å². The molecule has 0 amide bonds. The van der Waals surface area contributed by atoms with Gasteiger partial charge in [-0.3, -0.25) is 4.57 Å². The van der Waals surface area contributed by atoms with Crippen molar-refractivity contribution in [3.8, 4) is 0 Å². The highest BCUT2D eigenvalue weighted by atomic mass is 31.2. The molecule has 4 heteroatoms. The van der Waals surface area contributed by atoms with Crippen LogP contribution < -0.4 is 5.09 Å². The largest absolute Gasteiger partial charge is 0.317 e. The first kappa shape index (κ1) is 8.25. The molecule has 0 aromatic rings. The highest BCUT2D eigenvalue weighted by molar-refractivity contribution is 7.57. The zero-order valence-electron chi connectivity index (χ0n) is 6.46. The van der Waals surface area contributed by atoms with Crippen LogP contribution in [0.3, 0.4) is 0 Å². The Bertz CT molecular complexity index is 148. The van der Waals surface area contributed by atoms with E-state index >= 15 is 0 Å². The van der Waals surface area contributed by atoms with Crippen LogP contribution in [0.25, 0.3) is 0 Å². The van der Waals surface area contributed by atoms with Crippen LogP contribution in [0.1, 0.15) is 20.3 Å². The molecule has 1 aliphatic heterocycles. The fraction of sp³-hybridized carbons (Fsp3) is 1.00. The molecule has 0 bridgehead atoms. The lowest BCUT2D eigenvalue weighted by atomic mass is 10.5. The van der Waals surface area contributed by atoms with E-state index in [-0.39, 0.29) is 5.66 Å². The van der Waals surface area contributed by atoms with Gasteiger partial charge in [-0.15, -0.1) is 0 Å². The third kappa shape index (κ3) is 1.60. The molecule has 60 valence electrons. The summed E-state index contributed by atoms with van der Waals surface area (Å²) in [6.07, 6.45) is 0.969. The summed E-state index contributed by atoms with van der Waals surface area (Å²) in [5, 5.41) is 2.93. The minimum absolute atomic E-state index is 0.104. The average Bonchev–Trinajstić information content (AvgIpc) is 1.89. The molecule has 1 atom stereocenters. The van der Waals surface area contributed by atoms with E-state index < -0.39 is 7.52 Å². The molecule has 3 nitrogen and oxygen atoms in total. The predicted octanol–water partition coefficient (Wildman–Crippen LogP) is 1.60. The average molecular weight is 163 g/mol. The first-order valence-corrected chi connectivity index (χ1v) is 5.34. The first-order valence-electron chi connectivity index (χ1n) is 3.64. The molecule has 0 aromatic heterocycles. The molecule has 0 aliphatic carbocycles. The van der Waals surface area contributed by atoms with E-state index in [2.05, 4.69) is 5.09 Å². The van der Waals surface area contributed by atoms with Gasteiger partial charge in [-0.1, -0.05) is 13.8 Å². The Morgan fingerprint density at radius 2 is 2.30 bits per heavy atom. The summed E-state index contributed by atoms with van der Waals surface area (Å²) in [5.74, 6) is 0. The summed E-state index contributed by atoms with van der Waals surface area (Å²) in [6.45, 7) is 5.30. The second kappa shape index (κ2) is 3.04. The summed E-state index contributed by atoms with van der Waals surface area (Å²) in [7, 11) is -2.44. The van der Waals surface area contributed by atoms with Gasteiger partial charge in [-0.25, -0.2) is 5.09 Å². The van der Waals surface area contributed by atoms with Crippen molar-refractivity contribution in [2.45, 2.75) is 25.9 Å². The van der Waals surface area contributed by atoms with Crippen LogP contribution in [-0.2, 0) is 9.09 Å². The van der Waals surface area contributed by atoms with Gasteiger partial charge in [0.1, 0.15) is 0 Å². The topological polar surface area (TPSA) is 38.3 Å². The van der Waals surface area contributed by atoms with Crippen molar-refractivity contribution >= 4 is 7.52 Å². The fourth-order valence-electron chi connectivity index (χ4n) is 0.885. The molecule has 0 saturated carbocycles. The van der Waals surface area contributed by atoms with Crippen molar-refractivity contribution in [1.82, 2.24) is 5.09 Å². The van der Waals surface area contributed by atoms with Crippen LogP contribution in [0.4, 0.5) is 0 Å². The SMILES string of the molecule is CC(C)P1(=O)NCCCO1. The van der Waals surface area contributed by atoms with E-state index in [1.165, 1.54) is 0 Å². The molecule has 1 rings (SSSR count). The van der Waals surface area contributed by atoms with Gasteiger partial charge in [-0.05, 0) is 6.42 Å². The van der Waals surface area contributed by atoms with Crippen LogP contribution in [0.5, 0.6) is 0 Å². The van der Waals surface area contributed by atoms with Crippen molar-refractivity contribution < 1.29 is 9.09 Å². The van der Waals surface area contributed by atoms with Gasteiger partial charge in [0.2, 0.25) is 0 Å². The molecule has 10 heavy (non-hydrogen) atoms. The molecule has 0 spiro atoms. The number of rotatable bonds is 1. The molecule has 1 N–H and O–H groups in total. The van der Waals surface area contributed by atoms with Gasteiger partial charge >= 0.3 is 0 Å². The third-order valence-electron chi connectivity index (χ3n) is 1.62. The van der Waals surface area contributed by atoms with E-state index in [0.717, 1.165) is 13.0 Å². The molecular weight excluding hydrogens is 149 g/mol. The Morgan fingerprint density at radius 1 is 1.60 bits per heavy atom. The highest BCUT2D eigenvalue weighted by Crippen LogP contribution is 2.48. The van der Waals surface area contributed by atoms with E-state index in [9.17, 15) is 4.57 Å². The Kier molecular flexibility index (Phi) is 2.50. The smallest absolute Gasteiger partial charge is 0.272 e. The van der Waals surface area contributed by atoms with E-state index in [1.54, 1.807) is 0 Å². The summed E-state index contributed by atoms with van der Waals surface area (Å²) in [4.78, 5) is 0. The van der Waals surface area contributed by atoms with Crippen LogP contribution >= 0.6 is 7.52 Å². The molecular formula is C6H14NO2P. The molecule has 1 unspecified atom stereocenters. The molecule has 0 aromatic carbocycles. The lowest BCUT2D eigenvalue weighted by Crippen LogP contribution is -2.25. The molecule has 0 radical (unpaired) electrons. The van der Waals surface area contributed by atoms with Gasteiger partial charge in [0.15, 0.2) is 0 Å². The maximum atomic E-state index is 11.6. The highest BCUT2D eigenvalue weighted by Gasteiger charge is 2.29. The number of hydrogen-bond acceptors (Lipinski definition) is 2. The van der Waals surface area contributed by atoms with Crippen molar-refractivity contribution in [2.24, 2.45) is 0 Å². The monoisotopic (exact) mass is 163 g/mol. The zero-order chi connectivity index (χ0) is 7.61. The van der Waals surface area contributed by atoms with E-state index in [1.807, 2.05) is 13.8 Å². The zero-order valence-corrected chi connectivity index (χ0v) is 7.36. The van der Waals surface area contributed by atoms with Gasteiger partial charge in [0.05, 0.1) is 6.61 Å². The minimum Gasteiger partial charge on any atom is -0.317 e. The second-order valence-corrected chi connectivity index (χ2v) is 5.59. The summed E-state index contributed by atoms with van der Waals surface area (Å²) in [6, 6.07) is 0. The van der Waals surface area contributed by atoms with Crippen LogP contribution in [0, 0.1) is 0 Å². The second-order valence-electron chi connectivity index (χ2n) is 2.79. The van der Waals surface area contributed by atoms with Crippen molar-refractivity contribution in [3.63, 3.8) is 0 Å². The van der Waals surface area contributed by atoms with Crippen LogP contribution in [-0.4, -0.2) is 18.8 Å². The van der Waals surface area contributed by atoms with Gasteiger partial charge in [0.25, 0.3) is 7.52 Å². The lowest BCUT2D eigenvalue weighted by Gasteiger charge is -2.26. The normalized spacial score (nSPS) is 34.7. The molecule has 1 heterocycles. The summed E-state index contributed by atoms with van der Waals surface area (Å²) >= 11 is 0. The quantitative estimate of drug-likeness (QED) is 0.596. The summed E-state index contributed by atoms with van der Waals surface area (Å²) in [5.41, 5.74) is 0.104. The molecule has 1 aliphatic rings. The first-order chi connectivity index (χ1) is 4.65. The Balaban J connectivity index is 2.57. The van der Waals surface area contributed by atoms with E-state index in [0.29, 0.717) is 6.61 Å². The van der Waals surface area contributed by atoms with Crippen molar-refractivity contribution in [3.05, 3.63) is 0 Å². The standard InChI is InChI=1S/C6H14NO2P/c1-6(2)10(8)7-4-3-5-9-10/h6H,3-5H2,1-2H3,(H,7,8). The van der Waals surface area contributed by atoms with Gasteiger partial charge in [0, 0.05) is 12.2 Å². The predicted molar refractivity (Wildman–Crippen MR) is 41.3 cm³/mol. The van der Waals surface area contributed by atoms with Crippen LogP contribution in [0.15, 0.2) is 0 Å². The summed E-state index contributed by atoms with van der Waals surface area (Å²) < 4.78 is 16.8. The van der Waals surface area contributed by atoms with E-state index in [4.69, 9.17) is 4.52 Å². The lowest BCUT2D eigenvalue weighted by molar-refractivity contribution is 0.273. The molecule has 1 saturated heterocycles.